The highest BCUT2D eigenvalue weighted by Gasteiger charge is 2.33. The molecule has 0 N–H and O–H groups in total. The number of halogens is 3. The van der Waals surface area contributed by atoms with Gasteiger partial charge in [0.25, 0.3) is 0 Å². The van der Waals surface area contributed by atoms with Crippen LogP contribution >= 0.6 is 0 Å². The van der Waals surface area contributed by atoms with E-state index in [1.165, 1.54) is 0 Å². The van der Waals surface area contributed by atoms with Crippen molar-refractivity contribution in [2.24, 2.45) is 0 Å². The van der Waals surface area contributed by atoms with Crippen LogP contribution in [-0.2, 0) is 10.9 Å². The molecule has 2 rings (SSSR count). The van der Waals surface area contributed by atoms with Crippen molar-refractivity contribution in [2.45, 2.75) is 13.1 Å². The molecule has 5 heteroatoms. The maximum atomic E-state index is 12.9. The standard InChI is InChI=1S/C16H13F3O2/c1-10-8-12(16(17,18)19)9-13(15(20)21-2)14(10)11-6-4-3-5-7-11/h3-9H,1-2H3. The monoisotopic (exact) mass is 294 g/mol. The van der Waals surface area contributed by atoms with Crippen LogP contribution in [0.25, 0.3) is 11.1 Å². The smallest absolute Gasteiger partial charge is 0.416 e. The zero-order valence-corrected chi connectivity index (χ0v) is 11.5. The molecule has 0 aliphatic carbocycles. The third kappa shape index (κ3) is 3.07. The van der Waals surface area contributed by atoms with Crippen molar-refractivity contribution < 1.29 is 22.7 Å². The van der Waals surface area contributed by atoms with Crippen LogP contribution in [0.3, 0.4) is 0 Å². The molecule has 0 heterocycles. The van der Waals surface area contributed by atoms with E-state index < -0.39 is 17.7 Å². The van der Waals surface area contributed by atoms with Gasteiger partial charge < -0.3 is 4.74 Å². The average molecular weight is 294 g/mol. The molecule has 0 unspecified atom stereocenters. The van der Waals surface area contributed by atoms with Crippen molar-refractivity contribution in [3.8, 4) is 11.1 Å². The number of methoxy groups -OCH3 is 1. The maximum Gasteiger partial charge on any atom is 0.416 e. The van der Waals surface area contributed by atoms with Crippen molar-refractivity contribution in [3.05, 3.63) is 59.2 Å². The Morgan fingerprint density at radius 2 is 1.71 bits per heavy atom. The number of rotatable bonds is 2. The molecular weight excluding hydrogens is 281 g/mol. The third-order valence-electron chi connectivity index (χ3n) is 3.13. The zero-order valence-electron chi connectivity index (χ0n) is 11.5. The van der Waals surface area contributed by atoms with E-state index in [0.717, 1.165) is 19.2 Å². The molecule has 2 nitrogen and oxygen atoms in total. The molecule has 110 valence electrons. The van der Waals surface area contributed by atoms with Crippen LogP contribution in [0, 0.1) is 6.92 Å². The molecule has 0 atom stereocenters. The second-order valence-corrected chi connectivity index (χ2v) is 4.57. The molecule has 0 radical (unpaired) electrons. The fourth-order valence-corrected chi connectivity index (χ4v) is 2.21. The van der Waals surface area contributed by atoms with Gasteiger partial charge in [-0.2, -0.15) is 13.2 Å². The minimum absolute atomic E-state index is 0.0870. The van der Waals surface area contributed by atoms with Gasteiger partial charge in [0.05, 0.1) is 18.2 Å². The highest BCUT2D eigenvalue weighted by atomic mass is 19.4. The molecule has 0 fully saturated rings. The van der Waals surface area contributed by atoms with Gasteiger partial charge in [0.15, 0.2) is 0 Å². The fourth-order valence-electron chi connectivity index (χ4n) is 2.21. The third-order valence-corrected chi connectivity index (χ3v) is 3.13. The number of hydrogen-bond acceptors (Lipinski definition) is 2. The Kier molecular flexibility index (Phi) is 4.02. The summed E-state index contributed by atoms with van der Waals surface area (Å²) in [5, 5.41) is 0. The van der Waals surface area contributed by atoms with Gasteiger partial charge in [0, 0.05) is 0 Å². The molecule has 0 spiro atoms. The van der Waals surface area contributed by atoms with E-state index in [-0.39, 0.29) is 5.56 Å². The summed E-state index contributed by atoms with van der Waals surface area (Å²) in [5.41, 5.74) is 0.548. The SMILES string of the molecule is COC(=O)c1cc(C(F)(F)F)cc(C)c1-c1ccccc1. The molecular formula is C16H13F3O2. The summed E-state index contributed by atoms with van der Waals surface area (Å²) < 4.78 is 43.3. The Bertz CT molecular complexity index is 661. The number of carbonyl (C=O) groups is 1. The lowest BCUT2D eigenvalue weighted by Gasteiger charge is -2.15. The number of alkyl halides is 3. The Hall–Kier alpha value is -2.30. The second-order valence-electron chi connectivity index (χ2n) is 4.57. The van der Waals surface area contributed by atoms with Crippen molar-refractivity contribution in [2.75, 3.05) is 7.11 Å². The van der Waals surface area contributed by atoms with E-state index in [1.807, 2.05) is 0 Å². The number of benzene rings is 2. The minimum Gasteiger partial charge on any atom is -0.465 e. The van der Waals surface area contributed by atoms with E-state index >= 15 is 0 Å². The lowest BCUT2D eigenvalue weighted by atomic mass is 9.92. The first-order valence-electron chi connectivity index (χ1n) is 6.20. The summed E-state index contributed by atoms with van der Waals surface area (Å²) in [6, 6.07) is 10.7. The van der Waals surface area contributed by atoms with Gasteiger partial charge in [-0.1, -0.05) is 30.3 Å². The van der Waals surface area contributed by atoms with Crippen molar-refractivity contribution in [3.63, 3.8) is 0 Å². The normalized spacial score (nSPS) is 11.3. The van der Waals surface area contributed by atoms with E-state index in [9.17, 15) is 18.0 Å². The van der Waals surface area contributed by atoms with Crippen LogP contribution in [-0.4, -0.2) is 13.1 Å². The molecule has 0 amide bonds. The predicted molar refractivity (Wildman–Crippen MR) is 73.0 cm³/mol. The number of carbonyl (C=O) groups excluding carboxylic acids is 1. The quantitative estimate of drug-likeness (QED) is 0.764. The summed E-state index contributed by atoms with van der Waals surface area (Å²) in [6.45, 7) is 1.55. The molecule has 0 aliphatic heterocycles. The zero-order chi connectivity index (χ0) is 15.6. The molecule has 21 heavy (non-hydrogen) atoms. The molecule has 0 saturated carbocycles. The maximum absolute atomic E-state index is 12.9. The summed E-state index contributed by atoms with van der Waals surface area (Å²) in [7, 11) is 1.15. The van der Waals surface area contributed by atoms with Crippen LogP contribution < -0.4 is 0 Å². The molecule has 0 aliphatic rings. The van der Waals surface area contributed by atoms with Crippen molar-refractivity contribution in [1.29, 1.82) is 0 Å². The Morgan fingerprint density at radius 1 is 1.10 bits per heavy atom. The van der Waals surface area contributed by atoms with Gasteiger partial charge in [-0.15, -0.1) is 0 Å². The number of hydrogen-bond donors (Lipinski definition) is 0. The highest BCUT2D eigenvalue weighted by Crippen LogP contribution is 2.36. The van der Waals surface area contributed by atoms with E-state index in [4.69, 9.17) is 0 Å². The number of esters is 1. The van der Waals surface area contributed by atoms with Gasteiger partial charge in [0.1, 0.15) is 0 Å². The van der Waals surface area contributed by atoms with Gasteiger partial charge in [-0.3, -0.25) is 0 Å². The average Bonchev–Trinajstić information content (AvgIpc) is 2.45. The first-order chi connectivity index (χ1) is 9.84. The van der Waals surface area contributed by atoms with E-state index in [1.54, 1.807) is 37.3 Å². The van der Waals surface area contributed by atoms with Crippen LogP contribution in [0.2, 0.25) is 0 Å². The summed E-state index contributed by atoms with van der Waals surface area (Å²) in [5.74, 6) is -0.789. The fraction of sp³-hybridized carbons (Fsp3) is 0.188. The summed E-state index contributed by atoms with van der Waals surface area (Å²) in [4.78, 5) is 11.8. The first kappa shape index (κ1) is 15.1. The first-order valence-corrected chi connectivity index (χ1v) is 6.20. The van der Waals surface area contributed by atoms with Crippen molar-refractivity contribution in [1.82, 2.24) is 0 Å². The number of ether oxygens (including phenoxy) is 1. The highest BCUT2D eigenvalue weighted by molar-refractivity contribution is 5.98. The molecule has 2 aromatic carbocycles. The second kappa shape index (κ2) is 5.60. The molecule has 0 aromatic heterocycles. The molecule has 0 bridgehead atoms. The minimum atomic E-state index is -4.51. The van der Waals surface area contributed by atoms with Gasteiger partial charge >= 0.3 is 12.1 Å². The molecule has 0 saturated heterocycles. The van der Waals surface area contributed by atoms with Crippen LogP contribution in [0.4, 0.5) is 13.2 Å². The van der Waals surface area contributed by atoms with Crippen LogP contribution in [0.5, 0.6) is 0 Å². The lowest BCUT2D eigenvalue weighted by Crippen LogP contribution is -2.11. The van der Waals surface area contributed by atoms with Crippen molar-refractivity contribution >= 4 is 5.97 Å². The largest absolute Gasteiger partial charge is 0.465 e. The van der Waals surface area contributed by atoms with Gasteiger partial charge in [-0.05, 0) is 35.7 Å². The lowest BCUT2D eigenvalue weighted by molar-refractivity contribution is -0.137. The van der Waals surface area contributed by atoms with E-state index in [0.29, 0.717) is 16.7 Å². The predicted octanol–water partition coefficient (Wildman–Crippen LogP) is 4.47. The Labute approximate surface area is 120 Å². The van der Waals surface area contributed by atoms with Crippen LogP contribution in [0.15, 0.2) is 42.5 Å². The van der Waals surface area contributed by atoms with Crippen LogP contribution in [0.1, 0.15) is 21.5 Å². The van der Waals surface area contributed by atoms with Gasteiger partial charge in [0.2, 0.25) is 0 Å². The Morgan fingerprint density at radius 3 is 2.24 bits per heavy atom. The Balaban J connectivity index is 2.73. The summed E-state index contributed by atoms with van der Waals surface area (Å²) >= 11 is 0. The number of aryl methyl sites for hydroxylation is 1. The summed E-state index contributed by atoms with van der Waals surface area (Å²) in [6.07, 6.45) is -4.51. The van der Waals surface area contributed by atoms with Gasteiger partial charge in [-0.25, -0.2) is 4.79 Å². The van der Waals surface area contributed by atoms with E-state index in [2.05, 4.69) is 4.74 Å². The molecule has 2 aromatic rings. The topological polar surface area (TPSA) is 26.3 Å².